The average molecular weight is 355 g/mol. The molecule has 0 aliphatic heterocycles. The van der Waals surface area contributed by atoms with E-state index in [2.05, 4.69) is 21.2 Å². The van der Waals surface area contributed by atoms with Crippen LogP contribution in [0.4, 0.5) is 14.5 Å². The molecule has 0 aliphatic rings. The van der Waals surface area contributed by atoms with Gasteiger partial charge in [0, 0.05) is 6.07 Å². The van der Waals surface area contributed by atoms with Crippen LogP contribution in [-0.4, -0.2) is 11.9 Å². The summed E-state index contributed by atoms with van der Waals surface area (Å²) >= 11 is 2.94. The molecule has 110 valence electrons. The minimum atomic E-state index is -0.851. The van der Waals surface area contributed by atoms with E-state index in [1.54, 1.807) is 0 Å². The van der Waals surface area contributed by atoms with Crippen LogP contribution in [0.3, 0.4) is 0 Å². The fraction of sp³-hybridized carbons (Fsp3) is 0.133. The second-order valence-corrected chi connectivity index (χ2v) is 5.39. The van der Waals surface area contributed by atoms with Gasteiger partial charge in [-0.3, -0.25) is 4.79 Å². The van der Waals surface area contributed by atoms with E-state index in [1.807, 2.05) is 30.3 Å². The maximum absolute atomic E-state index is 13.6. The minimum Gasteiger partial charge on any atom is -0.322 e. The van der Waals surface area contributed by atoms with Gasteiger partial charge in [-0.15, -0.1) is 0 Å². The third-order valence-electron chi connectivity index (χ3n) is 2.90. The zero-order valence-corrected chi connectivity index (χ0v) is 12.5. The van der Waals surface area contributed by atoms with Crippen molar-refractivity contribution in [1.82, 2.24) is 0 Å². The van der Waals surface area contributed by atoms with Gasteiger partial charge in [0.1, 0.15) is 11.6 Å². The normalized spacial score (nSPS) is 12.0. The highest BCUT2D eigenvalue weighted by molar-refractivity contribution is 9.10. The molecule has 0 radical (unpaired) electrons. The van der Waals surface area contributed by atoms with Gasteiger partial charge in [0.15, 0.2) is 0 Å². The Morgan fingerprint density at radius 2 is 1.86 bits per heavy atom. The number of carbonyl (C=O) groups excluding carboxylic acids is 1. The first-order valence-corrected chi connectivity index (χ1v) is 7.01. The van der Waals surface area contributed by atoms with E-state index in [-0.39, 0.29) is 10.2 Å². The van der Waals surface area contributed by atoms with Crippen molar-refractivity contribution in [2.75, 3.05) is 5.32 Å². The van der Waals surface area contributed by atoms with Crippen molar-refractivity contribution in [2.24, 2.45) is 5.73 Å². The molecule has 2 aromatic rings. The molecule has 1 amide bonds. The Balaban J connectivity index is 2.06. The van der Waals surface area contributed by atoms with Crippen LogP contribution in [0.5, 0.6) is 0 Å². The standard InChI is InChI=1S/C15H13BrF2N2O/c16-10-7-14(12(18)8-11(10)17)20-15(21)13(19)6-9-4-2-1-3-5-9/h1-5,7-8,13H,6,19H2,(H,20,21)/t13-/m1/s1. The molecule has 0 aliphatic carbocycles. The van der Waals surface area contributed by atoms with Crippen molar-refractivity contribution in [3.8, 4) is 0 Å². The molecule has 0 unspecified atom stereocenters. The van der Waals surface area contributed by atoms with E-state index in [1.165, 1.54) is 0 Å². The fourth-order valence-corrected chi connectivity index (χ4v) is 2.15. The topological polar surface area (TPSA) is 55.1 Å². The Labute approximate surface area is 129 Å². The summed E-state index contributed by atoms with van der Waals surface area (Å²) in [6.45, 7) is 0. The van der Waals surface area contributed by atoms with Crippen molar-refractivity contribution < 1.29 is 13.6 Å². The summed E-state index contributed by atoms with van der Waals surface area (Å²) < 4.78 is 26.7. The van der Waals surface area contributed by atoms with Gasteiger partial charge in [-0.2, -0.15) is 0 Å². The lowest BCUT2D eigenvalue weighted by atomic mass is 10.1. The van der Waals surface area contributed by atoms with Crippen molar-refractivity contribution in [3.63, 3.8) is 0 Å². The predicted octanol–water partition coefficient (Wildman–Crippen LogP) is 3.24. The first-order valence-electron chi connectivity index (χ1n) is 6.22. The zero-order chi connectivity index (χ0) is 15.4. The van der Waals surface area contributed by atoms with Gasteiger partial charge >= 0.3 is 0 Å². The summed E-state index contributed by atoms with van der Waals surface area (Å²) in [6.07, 6.45) is 0.330. The minimum absolute atomic E-state index is 0.0656. The molecule has 3 N–H and O–H groups in total. The quantitative estimate of drug-likeness (QED) is 0.828. The molecule has 0 spiro atoms. The fourth-order valence-electron chi connectivity index (χ4n) is 1.80. The third kappa shape index (κ3) is 4.09. The highest BCUT2D eigenvalue weighted by atomic mass is 79.9. The van der Waals surface area contributed by atoms with Crippen molar-refractivity contribution in [2.45, 2.75) is 12.5 Å². The molecule has 0 bridgehead atoms. The summed E-state index contributed by atoms with van der Waals surface area (Å²) in [7, 11) is 0. The monoisotopic (exact) mass is 354 g/mol. The summed E-state index contributed by atoms with van der Waals surface area (Å²) in [5.41, 5.74) is 6.58. The highest BCUT2D eigenvalue weighted by Gasteiger charge is 2.17. The molecule has 0 saturated carbocycles. The number of hydrogen-bond acceptors (Lipinski definition) is 2. The number of nitrogens with one attached hydrogen (secondary N) is 1. The SMILES string of the molecule is N[C@H](Cc1ccccc1)C(=O)Nc1cc(Br)c(F)cc1F. The molecule has 0 saturated heterocycles. The second kappa shape index (κ2) is 6.78. The second-order valence-electron chi connectivity index (χ2n) is 4.53. The summed E-state index contributed by atoms with van der Waals surface area (Å²) in [5, 5.41) is 2.36. The van der Waals surface area contributed by atoms with Crippen LogP contribution < -0.4 is 11.1 Å². The lowest BCUT2D eigenvalue weighted by molar-refractivity contribution is -0.117. The van der Waals surface area contributed by atoms with E-state index in [0.29, 0.717) is 12.5 Å². The average Bonchev–Trinajstić information content (AvgIpc) is 2.45. The van der Waals surface area contributed by atoms with E-state index in [9.17, 15) is 13.6 Å². The molecule has 2 rings (SSSR count). The molecule has 6 heteroatoms. The van der Waals surface area contributed by atoms with Crippen molar-refractivity contribution >= 4 is 27.5 Å². The Morgan fingerprint density at radius 3 is 2.52 bits per heavy atom. The Hall–Kier alpha value is -1.79. The Kier molecular flexibility index (Phi) is 5.03. The largest absolute Gasteiger partial charge is 0.322 e. The Bertz CT molecular complexity index is 650. The van der Waals surface area contributed by atoms with Gasteiger partial charge in [-0.25, -0.2) is 8.78 Å². The van der Waals surface area contributed by atoms with Gasteiger partial charge in [0.05, 0.1) is 16.2 Å². The number of halogens is 3. The van der Waals surface area contributed by atoms with Gasteiger partial charge in [-0.05, 0) is 34.0 Å². The van der Waals surface area contributed by atoms with E-state index < -0.39 is 23.6 Å². The molecule has 0 aromatic heterocycles. The summed E-state index contributed by atoms with van der Waals surface area (Å²) in [6, 6.07) is 10.3. The summed E-state index contributed by atoms with van der Waals surface area (Å²) in [5.74, 6) is -2.12. The Morgan fingerprint density at radius 1 is 1.19 bits per heavy atom. The van der Waals surface area contributed by atoms with Gasteiger partial charge in [-0.1, -0.05) is 30.3 Å². The number of hydrogen-bond donors (Lipinski definition) is 2. The van der Waals surface area contributed by atoms with Gasteiger partial charge in [0.2, 0.25) is 5.91 Å². The third-order valence-corrected chi connectivity index (χ3v) is 3.51. The van der Waals surface area contributed by atoms with Crippen LogP contribution >= 0.6 is 15.9 Å². The van der Waals surface area contributed by atoms with Crippen LogP contribution in [0.25, 0.3) is 0 Å². The molecule has 21 heavy (non-hydrogen) atoms. The lowest BCUT2D eigenvalue weighted by Crippen LogP contribution is -2.37. The number of anilines is 1. The number of nitrogens with two attached hydrogens (primary N) is 1. The van der Waals surface area contributed by atoms with E-state index in [4.69, 9.17) is 5.73 Å². The smallest absolute Gasteiger partial charge is 0.241 e. The molecule has 0 heterocycles. The molecular weight excluding hydrogens is 342 g/mol. The van der Waals surface area contributed by atoms with Crippen LogP contribution in [0, 0.1) is 11.6 Å². The first kappa shape index (κ1) is 15.6. The van der Waals surface area contributed by atoms with Crippen molar-refractivity contribution in [1.29, 1.82) is 0 Å². The summed E-state index contributed by atoms with van der Waals surface area (Å²) in [4.78, 5) is 12.0. The number of benzene rings is 2. The van der Waals surface area contributed by atoms with Crippen LogP contribution in [-0.2, 0) is 11.2 Å². The number of amides is 1. The first-order chi connectivity index (χ1) is 9.97. The van der Waals surface area contributed by atoms with Crippen LogP contribution in [0.1, 0.15) is 5.56 Å². The molecule has 1 atom stereocenters. The van der Waals surface area contributed by atoms with Gasteiger partial charge in [0.25, 0.3) is 0 Å². The molecule has 2 aromatic carbocycles. The lowest BCUT2D eigenvalue weighted by Gasteiger charge is -2.13. The zero-order valence-electron chi connectivity index (χ0n) is 10.9. The number of rotatable bonds is 4. The van der Waals surface area contributed by atoms with E-state index >= 15 is 0 Å². The van der Waals surface area contributed by atoms with Crippen LogP contribution in [0.2, 0.25) is 0 Å². The van der Waals surface area contributed by atoms with Crippen LogP contribution in [0.15, 0.2) is 46.9 Å². The van der Waals surface area contributed by atoms with E-state index in [0.717, 1.165) is 11.6 Å². The van der Waals surface area contributed by atoms with Gasteiger partial charge < -0.3 is 11.1 Å². The molecular formula is C15H13BrF2N2O. The maximum atomic E-state index is 13.6. The molecule has 3 nitrogen and oxygen atoms in total. The maximum Gasteiger partial charge on any atom is 0.241 e. The predicted molar refractivity (Wildman–Crippen MR) is 80.8 cm³/mol. The highest BCUT2D eigenvalue weighted by Crippen LogP contribution is 2.23. The van der Waals surface area contributed by atoms with Crippen molar-refractivity contribution in [3.05, 3.63) is 64.1 Å². The number of carbonyl (C=O) groups is 1. The molecule has 0 fully saturated rings.